The molecule has 1 aliphatic heterocycles. The van der Waals surface area contributed by atoms with Gasteiger partial charge in [-0.05, 0) is 37.1 Å². The third kappa shape index (κ3) is 4.41. The third-order valence-corrected chi connectivity index (χ3v) is 2.97. The van der Waals surface area contributed by atoms with Crippen molar-refractivity contribution < 1.29 is 22.7 Å². The average molecular weight is 288 g/mol. The molecule has 1 aromatic rings. The average Bonchev–Trinajstić information content (AvgIpc) is 2.39. The fraction of sp³-hybridized carbons (Fsp3) is 0.462. The summed E-state index contributed by atoms with van der Waals surface area (Å²) in [6.45, 7) is 1.59. The summed E-state index contributed by atoms with van der Waals surface area (Å²) < 4.78 is 39.7. The van der Waals surface area contributed by atoms with Gasteiger partial charge in [-0.1, -0.05) is 6.42 Å². The van der Waals surface area contributed by atoms with Crippen molar-refractivity contribution in [3.63, 3.8) is 0 Å². The van der Waals surface area contributed by atoms with E-state index in [2.05, 4.69) is 10.2 Å². The molecule has 1 amide bonds. The zero-order chi connectivity index (χ0) is 14.6. The van der Waals surface area contributed by atoms with Gasteiger partial charge >= 0.3 is 6.36 Å². The molecule has 1 aliphatic rings. The first kappa shape index (κ1) is 14.6. The highest BCUT2D eigenvalue weighted by Crippen LogP contribution is 2.22. The summed E-state index contributed by atoms with van der Waals surface area (Å²) in [5.74, 6) is -0.669. The zero-order valence-corrected chi connectivity index (χ0v) is 10.7. The van der Waals surface area contributed by atoms with Crippen LogP contribution >= 0.6 is 0 Å². The summed E-state index contributed by atoms with van der Waals surface area (Å²) in [5, 5.41) is 1.83. The Hall–Kier alpha value is -1.76. The number of ether oxygens (including phenoxy) is 1. The largest absolute Gasteiger partial charge is 0.573 e. The van der Waals surface area contributed by atoms with Gasteiger partial charge in [-0.2, -0.15) is 0 Å². The van der Waals surface area contributed by atoms with E-state index in [9.17, 15) is 18.0 Å². The van der Waals surface area contributed by atoms with E-state index >= 15 is 0 Å². The highest BCUT2D eigenvalue weighted by molar-refractivity contribution is 5.93. The molecule has 4 nitrogen and oxygen atoms in total. The highest BCUT2D eigenvalue weighted by atomic mass is 19.4. The first-order valence-electron chi connectivity index (χ1n) is 6.36. The molecule has 7 heteroatoms. The van der Waals surface area contributed by atoms with Crippen LogP contribution in [0.15, 0.2) is 24.3 Å². The first-order valence-corrected chi connectivity index (χ1v) is 6.36. The minimum atomic E-state index is -4.72. The number of amides is 1. The minimum Gasteiger partial charge on any atom is -0.406 e. The van der Waals surface area contributed by atoms with Gasteiger partial charge in [0.05, 0.1) is 0 Å². The van der Waals surface area contributed by atoms with E-state index in [1.54, 1.807) is 0 Å². The van der Waals surface area contributed by atoms with Crippen LogP contribution < -0.4 is 10.2 Å². The van der Waals surface area contributed by atoms with Gasteiger partial charge in [-0.15, -0.1) is 13.2 Å². The first-order chi connectivity index (χ1) is 9.44. The van der Waals surface area contributed by atoms with Gasteiger partial charge in [0.25, 0.3) is 5.91 Å². The second-order valence-electron chi connectivity index (χ2n) is 4.56. The number of carbonyl (C=O) groups is 1. The van der Waals surface area contributed by atoms with Crippen molar-refractivity contribution >= 4 is 5.91 Å². The number of halogens is 3. The van der Waals surface area contributed by atoms with Crippen LogP contribution in [0.3, 0.4) is 0 Å². The van der Waals surface area contributed by atoms with Crippen molar-refractivity contribution in [2.75, 3.05) is 13.1 Å². The van der Waals surface area contributed by atoms with Crippen LogP contribution in [0.1, 0.15) is 29.6 Å². The summed E-state index contributed by atoms with van der Waals surface area (Å²) in [5.41, 5.74) is 3.03. The van der Waals surface area contributed by atoms with Crippen LogP contribution in [0.5, 0.6) is 5.75 Å². The normalized spacial score (nSPS) is 16.8. The Kier molecular flexibility index (Phi) is 4.49. The lowest BCUT2D eigenvalue weighted by Gasteiger charge is -2.26. The Morgan fingerprint density at radius 2 is 1.70 bits per heavy atom. The fourth-order valence-corrected chi connectivity index (χ4v) is 2.02. The maximum atomic E-state index is 12.0. The molecule has 1 N–H and O–H groups in total. The number of alkyl halides is 3. The Morgan fingerprint density at radius 3 is 2.25 bits per heavy atom. The quantitative estimate of drug-likeness (QED) is 0.930. The van der Waals surface area contributed by atoms with Gasteiger partial charge in [-0.25, -0.2) is 5.01 Å². The Morgan fingerprint density at radius 1 is 1.10 bits per heavy atom. The molecule has 0 unspecified atom stereocenters. The number of piperidine rings is 1. The fourth-order valence-electron chi connectivity index (χ4n) is 2.02. The molecule has 1 fully saturated rings. The standard InChI is InChI=1S/C13H15F3N2O2/c14-13(15,16)20-11-6-4-10(5-7-11)12(19)17-18-8-2-1-3-9-18/h4-7H,1-3,8-9H2,(H,17,19). The van der Waals surface area contributed by atoms with Gasteiger partial charge in [0.15, 0.2) is 0 Å². The third-order valence-electron chi connectivity index (χ3n) is 2.97. The molecule has 0 aliphatic carbocycles. The number of hydrazine groups is 1. The van der Waals surface area contributed by atoms with Crippen molar-refractivity contribution in [1.29, 1.82) is 0 Å². The Labute approximate surface area is 114 Å². The zero-order valence-electron chi connectivity index (χ0n) is 10.7. The Bertz CT molecular complexity index is 454. The molecule has 1 saturated heterocycles. The van der Waals surface area contributed by atoms with E-state index < -0.39 is 6.36 Å². The van der Waals surface area contributed by atoms with E-state index in [1.807, 2.05) is 5.01 Å². The molecule has 0 spiro atoms. The molecule has 1 heterocycles. The molecular weight excluding hydrogens is 273 g/mol. The SMILES string of the molecule is O=C(NN1CCCCC1)c1ccc(OC(F)(F)F)cc1. The molecule has 20 heavy (non-hydrogen) atoms. The highest BCUT2D eigenvalue weighted by Gasteiger charge is 2.31. The van der Waals surface area contributed by atoms with Crippen LogP contribution in [-0.2, 0) is 0 Å². The lowest BCUT2D eigenvalue weighted by molar-refractivity contribution is -0.274. The van der Waals surface area contributed by atoms with E-state index in [0.717, 1.165) is 44.5 Å². The topological polar surface area (TPSA) is 41.6 Å². The summed E-state index contributed by atoms with van der Waals surface area (Å²) in [6.07, 6.45) is -1.52. The smallest absolute Gasteiger partial charge is 0.406 e. The second-order valence-corrected chi connectivity index (χ2v) is 4.56. The van der Waals surface area contributed by atoms with E-state index in [-0.39, 0.29) is 11.7 Å². The van der Waals surface area contributed by atoms with Gasteiger partial charge in [0.1, 0.15) is 5.75 Å². The van der Waals surface area contributed by atoms with Gasteiger partial charge in [-0.3, -0.25) is 10.2 Å². The van der Waals surface area contributed by atoms with Gasteiger partial charge in [0.2, 0.25) is 0 Å². The van der Waals surface area contributed by atoms with Gasteiger partial charge < -0.3 is 4.74 Å². The number of rotatable bonds is 3. The molecule has 0 radical (unpaired) electrons. The summed E-state index contributed by atoms with van der Waals surface area (Å²) in [4.78, 5) is 11.9. The number of hydrogen-bond acceptors (Lipinski definition) is 3. The molecule has 1 aromatic carbocycles. The number of nitrogens with zero attached hydrogens (tertiary/aromatic N) is 1. The summed E-state index contributed by atoms with van der Waals surface area (Å²) in [6, 6.07) is 4.86. The molecule has 2 rings (SSSR count). The molecule has 0 bridgehead atoms. The van der Waals surface area contributed by atoms with Crippen LogP contribution in [0.4, 0.5) is 13.2 Å². The molecule has 110 valence electrons. The van der Waals surface area contributed by atoms with E-state index in [4.69, 9.17) is 0 Å². The predicted molar refractivity (Wildman–Crippen MR) is 66.0 cm³/mol. The van der Waals surface area contributed by atoms with Crippen LogP contribution in [-0.4, -0.2) is 30.4 Å². The van der Waals surface area contributed by atoms with Crippen molar-refractivity contribution in [2.45, 2.75) is 25.6 Å². The van der Waals surface area contributed by atoms with Crippen molar-refractivity contribution in [2.24, 2.45) is 0 Å². The number of carbonyl (C=O) groups excluding carboxylic acids is 1. The molecule has 0 saturated carbocycles. The number of benzene rings is 1. The Balaban J connectivity index is 1.93. The van der Waals surface area contributed by atoms with Crippen molar-refractivity contribution in [1.82, 2.24) is 10.4 Å². The minimum absolute atomic E-state index is 0.296. The number of hydrogen-bond donors (Lipinski definition) is 1. The van der Waals surface area contributed by atoms with E-state index in [0.29, 0.717) is 5.56 Å². The van der Waals surface area contributed by atoms with Crippen molar-refractivity contribution in [3.05, 3.63) is 29.8 Å². The van der Waals surface area contributed by atoms with Crippen LogP contribution in [0.25, 0.3) is 0 Å². The van der Waals surface area contributed by atoms with E-state index in [1.165, 1.54) is 12.1 Å². The maximum Gasteiger partial charge on any atom is 0.573 e. The maximum absolute atomic E-state index is 12.0. The van der Waals surface area contributed by atoms with Crippen molar-refractivity contribution in [3.8, 4) is 5.75 Å². The van der Waals surface area contributed by atoms with Crippen LogP contribution in [0, 0.1) is 0 Å². The van der Waals surface area contributed by atoms with Crippen LogP contribution in [0.2, 0.25) is 0 Å². The molecule has 0 aromatic heterocycles. The monoisotopic (exact) mass is 288 g/mol. The predicted octanol–water partition coefficient (Wildman–Crippen LogP) is 2.72. The molecular formula is C13H15F3N2O2. The lowest BCUT2D eigenvalue weighted by Crippen LogP contribution is -2.45. The number of nitrogens with one attached hydrogen (secondary N) is 1. The summed E-state index contributed by atoms with van der Waals surface area (Å²) in [7, 11) is 0. The lowest BCUT2D eigenvalue weighted by atomic mass is 10.1. The molecule has 0 atom stereocenters. The second kappa shape index (κ2) is 6.13. The summed E-state index contributed by atoms with van der Waals surface area (Å²) >= 11 is 0. The van der Waals surface area contributed by atoms with Gasteiger partial charge in [0, 0.05) is 18.7 Å².